The van der Waals surface area contributed by atoms with Gasteiger partial charge < -0.3 is 14.5 Å². The highest BCUT2D eigenvalue weighted by Gasteiger charge is 2.54. The zero-order valence-electron chi connectivity index (χ0n) is 18.9. The van der Waals surface area contributed by atoms with E-state index in [-0.39, 0.29) is 24.3 Å². The van der Waals surface area contributed by atoms with E-state index in [0.29, 0.717) is 35.5 Å². The average molecular weight is 438 g/mol. The summed E-state index contributed by atoms with van der Waals surface area (Å²) in [7, 11) is 0. The van der Waals surface area contributed by atoms with Gasteiger partial charge in [0, 0.05) is 29.5 Å². The molecule has 1 amide bonds. The Kier molecular flexibility index (Phi) is 5.34. The van der Waals surface area contributed by atoms with Crippen molar-refractivity contribution in [1.29, 1.82) is 0 Å². The van der Waals surface area contributed by atoms with Crippen LogP contribution in [-0.2, 0) is 16.0 Å². The van der Waals surface area contributed by atoms with Crippen molar-refractivity contribution in [3.8, 4) is 5.75 Å². The molecule has 4 bridgehead atoms. The van der Waals surface area contributed by atoms with Gasteiger partial charge in [-0.15, -0.1) is 0 Å². The van der Waals surface area contributed by atoms with Gasteiger partial charge in [0.05, 0.1) is 6.42 Å². The average Bonchev–Trinajstić information content (AvgIpc) is 2.72. The van der Waals surface area contributed by atoms with Gasteiger partial charge in [0.15, 0.2) is 0 Å². The van der Waals surface area contributed by atoms with Gasteiger partial charge in [0.1, 0.15) is 11.3 Å². The van der Waals surface area contributed by atoms with Crippen molar-refractivity contribution < 1.29 is 18.7 Å². The van der Waals surface area contributed by atoms with E-state index >= 15 is 0 Å². The Balaban J connectivity index is 1.21. The summed E-state index contributed by atoms with van der Waals surface area (Å²) in [5.41, 5.74) is 1.48. The fraction of sp³-hybridized carbons (Fsp3) is 0.577. The van der Waals surface area contributed by atoms with Gasteiger partial charge in [0.2, 0.25) is 5.91 Å². The molecule has 4 saturated carbocycles. The number of hydrogen-bond acceptors (Lipinski definition) is 5. The lowest BCUT2D eigenvalue weighted by Gasteiger charge is -2.55. The summed E-state index contributed by atoms with van der Waals surface area (Å²) in [4.78, 5) is 37.3. The highest BCUT2D eigenvalue weighted by molar-refractivity contribution is 5.85. The molecular weight excluding hydrogens is 406 g/mol. The molecule has 2 aromatic rings. The van der Waals surface area contributed by atoms with Crippen molar-refractivity contribution in [2.45, 2.75) is 65.2 Å². The Morgan fingerprint density at radius 1 is 1.09 bits per heavy atom. The number of ether oxygens (including phenoxy) is 1. The van der Waals surface area contributed by atoms with Crippen LogP contribution in [0.25, 0.3) is 11.0 Å². The summed E-state index contributed by atoms with van der Waals surface area (Å²) < 4.78 is 10.9. The first-order chi connectivity index (χ1) is 15.3. The highest BCUT2D eigenvalue weighted by Crippen LogP contribution is 2.60. The molecule has 4 aliphatic carbocycles. The SMILES string of the molecule is CCc1cc2c(C)cc(=O)oc2cc1OC(=O)CCNC(=O)C12CC3CC(CC(C3)C1)C2. The molecule has 0 saturated heterocycles. The highest BCUT2D eigenvalue weighted by atomic mass is 16.5. The molecule has 1 N–H and O–H groups in total. The number of esters is 1. The molecule has 32 heavy (non-hydrogen) atoms. The Bertz CT molecular complexity index is 1100. The van der Waals surface area contributed by atoms with E-state index in [2.05, 4.69) is 5.32 Å². The molecule has 6 nitrogen and oxygen atoms in total. The van der Waals surface area contributed by atoms with Crippen molar-refractivity contribution in [3.05, 3.63) is 39.7 Å². The smallest absolute Gasteiger partial charge is 0.336 e. The molecule has 4 fully saturated rings. The van der Waals surface area contributed by atoms with Crippen LogP contribution >= 0.6 is 0 Å². The van der Waals surface area contributed by atoms with Crippen molar-refractivity contribution in [3.63, 3.8) is 0 Å². The third-order valence-corrected chi connectivity index (χ3v) is 7.87. The fourth-order valence-electron chi connectivity index (χ4n) is 6.79. The predicted molar refractivity (Wildman–Crippen MR) is 120 cm³/mol. The Morgan fingerprint density at radius 2 is 1.75 bits per heavy atom. The van der Waals surface area contributed by atoms with Crippen LogP contribution in [0.3, 0.4) is 0 Å². The number of rotatable bonds is 6. The van der Waals surface area contributed by atoms with Gasteiger partial charge in [-0.2, -0.15) is 0 Å². The normalized spacial score (nSPS) is 28.1. The van der Waals surface area contributed by atoms with Crippen LogP contribution in [0.15, 0.2) is 27.4 Å². The summed E-state index contributed by atoms with van der Waals surface area (Å²) in [6.45, 7) is 4.12. The van der Waals surface area contributed by atoms with E-state index in [0.717, 1.165) is 35.8 Å². The molecule has 0 aliphatic heterocycles. The second-order valence-electron chi connectivity index (χ2n) is 10.2. The van der Waals surface area contributed by atoms with Crippen LogP contribution in [0, 0.1) is 30.1 Å². The number of benzene rings is 1. The van der Waals surface area contributed by atoms with Crippen molar-refractivity contribution in [2.24, 2.45) is 23.2 Å². The van der Waals surface area contributed by atoms with E-state index in [4.69, 9.17) is 9.15 Å². The standard InChI is InChI=1S/C26H31NO5/c1-3-19-10-20-15(2)6-24(29)32-22(20)11-21(19)31-23(28)4-5-27-25(30)26-12-16-7-17(13-26)9-18(8-16)14-26/h6,10-11,16-18H,3-5,7-9,12-14H2,1-2H3,(H,27,30). The molecule has 6 heteroatoms. The number of amides is 1. The number of carbonyl (C=O) groups excluding carboxylic acids is 2. The maximum atomic E-state index is 13.0. The number of carbonyl (C=O) groups is 2. The van der Waals surface area contributed by atoms with Gasteiger partial charge in [-0.05, 0) is 86.8 Å². The quantitative estimate of drug-likeness (QED) is 0.414. The number of aryl methyl sites for hydroxylation is 2. The van der Waals surface area contributed by atoms with Crippen LogP contribution in [0.4, 0.5) is 0 Å². The molecule has 0 unspecified atom stereocenters. The van der Waals surface area contributed by atoms with Gasteiger partial charge in [0.25, 0.3) is 0 Å². The van der Waals surface area contributed by atoms with E-state index in [1.54, 1.807) is 6.07 Å². The first-order valence-corrected chi connectivity index (χ1v) is 11.9. The molecule has 0 radical (unpaired) electrons. The van der Waals surface area contributed by atoms with E-state index in [1.165, 1.54) is 25.3 Å². The largest absolute Gasteiger partial charge is 0.426 e. The first kappa shape index (κ1) is 21.2. The lowest BCUT2D eigenvalue weighted by atomic mass is 9.49. The monoisotopic (exact) mass is 437 g/mol. The zero-order valence-corrected chi connectivity index (χ0v) is 18.9. The maximum Gasteiger partial charge on any atom is 0.336 e. The number of fused-ring (bicyclic) bond motifs is 1. The molecule has 1 aromatic heterocycles. The summed E-state index contributed by atoms with van der Waals surface area (Å²) in [6.07, 6.45) is 7.71. The molecular formula is C26H31NO5. The van der Waals surface area contributed by atoms with Crippen molar-refractivity contribution in [2.75, 3.05) is 6.54 Å². The molecule has 170 valence electrons. The second kappa shape index (κ2) is 8.05. The van der Waals surface area contributed by atoms with Crippen molar-refractivity contribution in [1.82, 2.24) is 5.32 Å². The Hall–Kier alpha value is -2.63. The Labute approximate surface area is 187 Å². The number of hydrogen-bond donors (Lipinski definition) is 1. The van der Waals surface area contributed by atoms with E-state index in [9.17, 15) is 14.4 Å². The lowest BCUT2D eigenvalue weighted by Crippen LogP contribution is -2.53. The molecule has 1 heterocycles. The molecule has 0 spiro atoms. The lowest BCUT2D eigenvalue weighted by molar-refractivity contribution is -0.146. The third kappa shape index (κ3) is 3.84. The summed E-state index contributed by atoms with van der Waals surface area (Å²) in [5, 5.41) is 3.87. The van der Waals surface area contributed by atoms with Gasteiger partial charge in [-0.3, -0.25) is 9.59 Å². The predicted octanol–water partition coefficient (Wildman–Crippen LogP) is 4.29. The third-order valence-electron chi connectivity index (χ3n) is 7.87. The topological polar surface area (TPSA) is 85.6 Å². The Morgan fingerprint density at radius 3 is 2.38 bits per heavy atom. The van der Waals surface area contributed by atoms with Crippen molar-refractivity contribution >= 4 is 22.8 Å². The van der Waals surface area contributed by atoms with Crippen LogP contribution < -0.4 is 15.7 Å². The van der Waals surface area contributed by atoms with E-state index < -0.39 is 11.6 Å². The minimum atomic E-state index is -0.427. The van der Waals surface area contributed by atoms with Crippen LogP contribution in [-0.4, -0.2) is 18.4 Å². The van der Waals surface area contributed by atoms with E-state index in [1.807, 2.05) is 19.9 Å². The number of nitrogens with one attached hydrogen (secondary N) is 1. The summed E-state index contributed by atoms with van der Waals surface area (Å²) >= 11 is 0. The van der Waals surface area contributed by atoms with Crippen LogP contribution in [0.5, 0.6) is 5.75 Å². The van der Waals surface area contributed by atoms with Gasteiger partial charge in [-0.25, -0.2) is 4.79 Å². The minimum absolute atomic E-state index is 0.108. The van der Waals surface area contributed by atoms with Gasteiger partial charge >= 0.3 is 11.6 Å². The molecule has 6 rings (SSSR count). The zero-order chi connectivity index (χ0) is 22.5. The van der Waals surface area contributed by atoms with Crippen LogP contribution in [0.2, 0.25) is 0 Å². The van der Waals surface area contributed by atoms with Crippen LogP contribution in [0.1, 0.15) is 63.0 Å². The second-order valence-corrected chi connectivity index (χ2v) is 10.2. The summed E-state index contributed by atoms with van der Waals surface area (Å²) in [6, 6.07) is 4.99. The fourth-order valence-corrected chi connectivity index (χ4v) is 6.79. The van der Waals surface area contributed by atoms with Gasteiger partial charge in [-0.1, -0.05) is 6.92 Å². The molecule has 4 aliphatic rings. The first-order valence-electron chi connectivity index (χ1n) is 11.9. The summed E-state index contributed by atoms with van der Waals surface area (Å²) in [5.74, 6) is 2.26. The molecule has 1 aromatic carbocycles. The molecule has 0 atom stereocenters. The maximum absolute atomic E-state index is 13.0. The minimum Gasteiger partial charge on any atom is -0.426 e.